The molecular weight excluding hydrogens is 434 g/mol. The van der Waals surface area contributed by atoms with Gasteiger partial charge in [0.1, 0.15) is 12.4 Å². The predicted molar refractivity (Wildman–Crippen MR) is 122 cm³/mol. The molecule has 0 aliphatic rings. The summed E-state index contributed by atoms with van der Waals surface area (Å²) in [6.07, 6.45) is 2.86. The number of carboxylic acid groups (broad SMARTS) is 1. The molecular formula is C24H20ClNO6. The van der Waals surface area contributed by atoms with Crippen LogP contribution in [0.1, 0.15) is 21.5 Å². The number of methoxy groups -OCH3 is 1. The lowest BCUT2D eigenvalue weighted by Gasteiger charge is -2.11. The van der Waals surface area contributed by atoms with Crippen LogP contribution in [0.25, 0.3) is 6.08 Å². The number of hydrogen-bond donors (Lipinski definition) is 3. The zero-order valence-electron chi connectivity index (χ0n) is 17.0. The lowest BCUT2D eigenvalue weighted by Crippen LogP contribution is -2.08. The zero-order valence-corrected chi connectivity index (χ0v) is 17.8. The molecule has 0 spiro atoms. The SMILES string of the molecule is COc1cc(/C=C/C(=O)Nc2ccc(C(=O)O)cc2O)ccc1OCc1ccc(Cl)cc1. The molecule has 0 fully saturated rings. The Morgan fingerprint density at radius 1 is 1.03 bits per heavy atom. The number of carbonyl (C=O) groups excluding carboxylic acids is 1. The van der Waals surface area contributed by atoms with E-state index >= 15 is 0 Å². The van der Waals surface area contributed by atoms with Crippen LogP contribution in [0.2, 0.25) is 5.02 Å². The fourth-order valence-corrected chi connectivity index (χ4v) is 2.89. The van der Waals surface area contributed by atoms with E-state index in [9.17, 15) is 14.7 Å². The summed E-state index contributed by atoms with van der Waals surface area (Å²) in [6.45, 7) is 0.343. The van der Waals surface area contributed by atoms with E-state index in [1.165, 1.54) is 25.3 Å². The highest BCUT2D eigenvalue weighted by molar-refractivity contribution is 6.30. The van der Waals surface area contributed by atoms with Gasteiger partial charge in [0.15, 0.2) is 11.5 Å². The van der Waals surface area contributed by atoms with Crippen molar-refractivity contribution < 1.29 is 29.3 Å². The molecule has 32 heavy (non-hydrogen) atoms. The van der Waals surface area contributed by atoms with Crippen molar-refractivity contribution in [2.24, 2.45) is 0 Å². The Morgan fingerprint density at radius 2 is 1.78 bits per heavy atom. The number of carboxylic acids is 1. The Hall–Kier alpha value is -3.97. The van der Waals surface area contributed by atoms with Crippen LogP contribution in [0, 0.1) is 0 Å². The second kappa shape index (κ2) is 10.4. The van der Waals surface area contributed by atoms with Gasteiger partial charge in [0.2, 0.25) is 5.91 Å². The van der Waals surface area contributed by atoms with E-state index in [0.717, 1.165) is 11.6 Å². The van der Waals surface area contributed by atoms with Crippen molar-refractivity contribution in [3.8, 4) is 17.2 Å². The highest BCUT2D eigenvalue weighted by Crippen LogP contribution is 2.29. The molecule has 0 aliphatic heterocycles. The molecule has 164 valence electrons. The monoisotopic (exact) mass is 453 g/mol. The minimum atomic E-state index is -1.17. The standard InChI is InChI=1S/C24H20ClNO6/c1-31-22-12-15(4-10-21(22)32-14-16-2-7-18(25)8-3-16)5-11-23(28)26-19-9-6-17(24(29)30)13-20(19)27/h2-13,27H,14H2,1H3,(H,26,28)(H,29,30)/b11-5+. The number of phenols is 1. The third-order valence-electron chi connectivity index (χ3n) is 4.42. The zero-order chi connectivity index (χ0) is 23.1. The molecule has 3 aromatic rings. The third kappa shape index (κ3) is 6.02. The average molecular weight is 454 g/mol. The minimum Gasteiger partial charge on any atom is -0.506 e. The molecule has 0 saturated carbocycles. The van der Waals surface area contributed by atoms with Crippen LogP contribution in [0.15, 0.2) is 66.7 Å². The van der Waals surface area contributed by atoms with Crippen LogP contribution in [0.5, 0.6) is 17.2 Å². The maximum Gasteiger partial charge on any atom is 0.335 e. The van der Waals surface area contributed by atoms with Crippen LogP contribution < -0.4 is 14.8 Å². The second-order valence-electron chi connectivity index (χ2n) is 6.69. The quantitative estimate of drug-likeness (QED) is 0.328. The summed E-state index contributed by atoms with van der Waals surface area (Å²) in [6, 6.07) is 16.2. The number of phenolic OH excluding ortho intramolecular Hbond substituents is 1. The number of ether oxygens (including phenoxy) is 2. The summed E-state index contributed by atoms with van der Waals surface area (Å²) in [5.74, 6) is -0.954. The van der Waals surface area contributed by atoms with Gasteiger partial charge >= 0.3 is 5.97 Å². The Balaban J connectivity index is 1.64. The lowest BCUT2D eigenvalue weighted by atomic mass is 10.1. The average Bonchev–Trinajstić information content (AvgIpc) is 2.78. The van der Waals surface area contributed by atoms with Crippen LogP contribution in [0.3, 0.4) is 0 Å². The normalized spacial score (nSPS) is 10.7. The molecule has 3 rings (SSSR count). The van der Waals surface area contributed by atoms with E-state index in [4.69, 9.17) is 26.2 Å². The number of aromatic hydroxyl groups is 1. The van der Waals surface area contributed by atoms with Crippen molar-refractivity contribution in [3.05, 3.63) is 88.5 Å². The van der Waals surface area contributed by atoms with E-state index in [-0.39, 0.29) is 17.0 Å². The Labute approximate surface area is 189 Å². The molecule has 0 radical (unpaired) electrons. The van der Waals surface area contributed by atoms with E-state index in [0.29, 0.717) is 28.7 Å². The molecule has 3 aromatic carbocycles. The number of halogens is 1. The second-order valence-corrected chi connectivity index (χ2v) is 7.12. The molecule has 0 heterocycles. The molecule has 7 nitrogen and oxygen atoms in total. The van der Waals surface area contributed by atoms with Crippen molar-refractivity contribution in [1.82, 2.24) is 0 Å². The third-order valence-corrected chi connectivity index (χ3v) is 4.68. The number of anilines is 1. The van der Waals surface area contributed by atoms with Gasteiger partial charge in [-0.25, -0.2) is 4.79 Å². The van der Waals surface area contributed by atoms with Crippen molar-refractivity contribution in [3.63, 3.8) is 0 Å². The summed E-state index contributed by atoms with van der Waals surface area (Å²) in [7, 11) is 1.52. The van der Waals surface area contributed by atoms with Gasteiger partial charge in [0.05, 0.1) is 18.4 Å². The molecule has 3 N–H and O–H groups in total. The van der Waals surface area contributed by atoms with Crippen LogP contribution in [0.4, 0.5) is 5.69 Å². The Bertz CT molecular complexity index is 1160. The number of carbonyl (C=O) groups is 2. The van der Waals surface area contributed by atoms with Gasteiger partial charge < -0.3 is 25.0 Å². The molecule has 0 unspecified atom stereocenters. The van der Waals surface area contributed by atoms with Gasteiger partial charge in [0, 0.05) is 11.1 Å². The van der Waals surface area contributed by atoms with Gasteiger partial charge in [-0.05, 0) is 59.7 Å². The minimum absolute atomic E-state index is 0.0819. The van der Waals surface area contributed by atoms with Crippen molar-refractivity contribution in [1.29, 1.82) is 0 Å². The predicted octanol–water partition coefficient (Wildman–Crippen LogP) is 4.98. The summed E-state index contributed by atoms with van der Waals surface area (Å²) in [5, 5.41) is 21.9. The first-order valence-electron chi connectivity index (χ1n) is 9.46. The van der Waals surface area contributed by atoms with Crippen molar-refractivity contribution >= 4 is 35.2 Å². The summed E-state index contributed by atoms with van der Waals surface area (Å²) >= 11 is 5.89. The molecule has 0 saturated heterocycles. The molecule has 0 atom stereocenters. The van der Waals surface area contributed by atoms with Gasteiger partial charge in [-0.3, -0.25) is 4.79 Å². The van der Waals surface area contributed by atoms with Gasteiger partial charge in [-0.15, -0.1) is 0 Å². The molecule has 0 bridgehead atoms. The van der Waals surface area contributed by atoms with E-state index < -0.39 is 11.9 Å². The lowest BCUT2D eigenvalue weighted by molar-refractivity contribution is -0.111. The van der Waals surface area contributed by atoms with Gasteiger partial charge in [-0.1, -0.05) is 29.8 Å². The summed E-state index contributed by atoms with van der Waals surface area (Å²) in [4.78, 5) is 23.1. The molecule has 1 amide bonds. The Morgan fingerprint density at radius 3 is 2.44 bits per heavy atom. The topological polar surface area (TPSA) is 105 Å². The number of amides is 1. The Kier molecular flexibility index (Phi) is 7.36. The van der Waals surface area contributed by atoms with Gasteiger partial charge in [0.25, 0.3) is 0 Å². The molecule has 8 heteroatoms. The van der Waals surface area contributed by atoms with Crippen LogP contribution >= 0.6 is 11.6 Å². The number of hydrogen-bond acceptors (Lipinski definition) is 5. The van der Waals surface area contributed by atoms with Crippen molar-refractivity contribution in [2.45, 2.75) is 6.61 Å². The van der Waals surface area contributed by atoms with E-state index in [1.54, 1.807) is 36.4 Å². The van der Waals surface area contributed by atoms with Crippen LogP contribution in [-0.4, -0.2) is 29.2 Å². The van der Waals surface area contributed by atoms with Crippen LogP contribution in [-0.2, 0) is 11.4 Å². The van der Waals surface area contributed by atoms with Gasteiger partial charge in [-0.2, -0.15) is 0 Å². The first-order chi connectivity index (χ1) is 15.4. The first-order valence-corrected chi connectivity index (χ1v) is 9.84. The summed E-state index contributed by atoms with van der Waals surface area (Å²) < 4.78 is 11.2. The van der Waals surface area contributed by atoms with E-state index in [2.05, 4.69) is 5.32 Å². The van der Waals surface area contributed by atoms with Crippen molar-refractivity contribution in [2.75, 3.05) is 12.4 Å². The molecule has 0 aromatic heterocycles. The largest absolute Gasteiger partial charge is 0.506 e. The summed E-state index contributed by atoms with van der Waals surface area (Å²) in [5.41, 5.74) is 1.67. The number of benzene rings is 3. The number of nitrogens with one attached hydrogen (secondary N) is 1. The fraction of sp³-hybridized carbons (Fsp3) is 0.0833. The van der Waals surface area contributed by atoms with E-state index in [1.807, 2.05) is 12.1 Å². The maximum absolute atomic E-state index is 12.2. The molecule has 0 aliphatic carbocycles. The smallest absolute Gasteiger partial charge is 0.335 e. The fourth-order valence-electron chi connectivity index (χ4n) is 2.77. The highest BCUT2D eigenvalue weighted by atomic mass is 35.5. The maximum atomic E-state index is 12.2. The highest BCUT2D eigenvalue weighted by Gasteiger charge is 2.10. The first kappa shape index (κ1) is 22.7. The number of aromatic carboxylic acids is 1. The number of rotatable bonds is 8.